The fraction of sp³-hybridized carbons (Fsp3) is 0.885. The number of rotatable bonds is 20. The third-order valence-electron chi connectivity index (χ3n) is 5.94. The number of allylic oxidation sites excluding steroid dienone is 2. The molecule has 0 saturated heterocycles. The van der Waals surface area contributed by atoms with Crippen molar-refractivity contribution in [3.05, 3.63) is 16.6 Å². The van der Waals surface area contributed by atoms with E-state index in [-0.39, 0.29) is 19.1 Å². The molecule has 0 aliphatic heterocycles. The van der Waals surface area contributed by atoms with Crippen molar-refractivity contribution in [1.29, 1.82) is 0 Å². The van der Waals surface area contributed by atoms with Crippen LogP contribution in [0.4, 0.5) is 0 Å². The Balaban J connectivity index is 3.71. The third-order valence-corrected chi connectivity index (χ3v) is 5.94. The summed E-state index contributed by atoms with van der Waals surface area (Å²) in [5.41, 5.74) is 1.40. The number of hydrogen-bond donors (Lipinski definition) is 1. The highest BCUT2D eigenvalue weighted by Crippen LogP contribution is 2.22. The fourth-order valence-corrected chi connectivity index (χ4v) is 3.80. The van der Waals surface area contributed by atoms with Crippen LogP contribution in [0.3, 0.4) is 0 Å². The van der Waals surface area contributed by atoms with Crippen molar-refractivity contribution in [2.45, 2.75) is 118 Å². The maximum Gasteiger partial charge on any atom is 0.305 e. The third kappa shape index (κ3) is 20.4. The molecule has 0 aliphatic carbocycles. The maximum atomic E-state index is 11.6. The molecule has 3 unspecified atom stereocenters. The Kier molecular flexibility index (Phi) is 18.7. The first-order valence-electron chi connectivity index (χ1n) is 12.5. The molecule has 0 aliphatic rings. The molecule has 0 fully saturated rings. The van der Waals surface area contributed by atoms with E-state index in [1.54, 1.807) is 0 Å². The van der Waals surface area contributed by atoms with Crippen LogP contribution in [0.2, 0.25) is 0 Å². The van der Waals surface area contributed by atoms with Gasteiger partial charge >= 0.3 is 5.97 Å². The lowest BCUT2D eigenvalue weighted by atomic mass is 9.91. The van der Waals surface area contributed by atoms with Gasteiger partial charge in [-0.25, -0.2) is 0 Å². The van der Waals surface area contributed by atoms with Gasteiger partial charge in [0.25, 0.3) is 0 Å². The summed E-state index contributed by atoms with van der Waals surface area (Å²) in [6.45, 7) is 11.2. The van der Waals surface area contributed by atoms with Gasteiger partial charge in [-0.1, -0.05) is 89.5 Å². The van der Waals surface area contributed by atoms with Gasteiger partial charge in [-0.15, -0.1) is 0 Å². The molecule has 0 amide bonds. The Labute approximate surface area is 191 Å². The first-order valence-corrected chi connectivity index (χ1v) is 12.5. The smallest absolute Gasteiger partial charge is 0.305 e. The molecule has 31 heavy (non-hydrogen) atoms. The number of aliphatic hydroxyl groups excluding tert-OH is 1. The quantitative estimate of drug-likeness (QED) is 0.0940. The van der Waals surface area contributed by atoms with Crippen LogP contribution >= 0.6 is 0 Å². The van der Waals surface area contributed by atoms with Crippen molar-refractivity contribution in [3.63, 3.8) is 0 Å². The minimum Gasteiger partial charge on any atom is -0.463 e. The van der Waals surface area contributed by atoms with Crippen LogP contribution < -0.4 is 0 Å². The van der Waals surface area contributed by atoms with E-state index < -0.39 is 6.10 Å². The summed E-state index contributed by atoms with van der Waals surface area (Å²) in [4.78, 5) is 21.6. The van der Waals surface area contributed by atoms with Crippen LogP contribution in [0.15, 0.2) is 16.8 Å². The van der Waals surface area contributed by atoms with Crippen molar-refractivity contribution in [2.75, 3.05) is 13.2 Å². The summed E-state index contributed by atoms with van der Waals surface area (Å²) in [6.07, 6.45) is 15.0. The predicted molar refractivity (Wildman–Crippen MR) is 130 cm³/mol. The van der Waals surface area contributed by atoms with Gasteiger partial charge in [0.05, 0.1) is 0 Å². The van der Waals surface area contributed by atoms with Gasteiger partial charge in [-0.05, 0) is 50.4 Å². The van der Waals surface area contributed by atoms with E-state index >= 15 is 0 Å². The minimum atomic E-state index is -0.996. The van der Waals surface area contributed by atoms with Crippen LogP contribution in [0, 0.1) is 22.7 Å². The van der Waals surface area contributed by atoms with E-state index in [9.17, 15) is 14.8 Å². The molecule has 5 nitrogen and oxygen atoms in total. The van der Waals surface area contributed by atoms with Gasteiger partial charge in [-0.3, -0.25) is 4.79 Å². The molecule has 0 aromatic rings. The zero-order chi connectivity index (χ0) is 23.5. The van der Waals surface area contributed by atoms with Crippen LogP contribution in [0.25, 0.3) is 0 Å². The van der Waals surface area contributed by atoms with E-state index in [1.807, 2.05) is 0 Å². The monoisotopic (exact) mass is 439 g/mol. The normalized spacial score (nSPS) is 15.0. The van der Waals surface area contributed by atoms with Crippen molar-refractivity contribution >= 4 is 5.97 Å². The molecule has 5 heteroatoms. The molecule has 0 aromatic carbocycles. The second kappa shape index (κ2) is 19.5. The number of esters is 1. The van der Waals surface area contributed by atoms with Crippen LogP contribution in [0.5, 0.6) is 0 Å². The highest BCUT2D eigenvalue weighted by molar-refractivity contribution is 5.69. The number of aliphatic hydroxyl groups is 1. The second-order valence-electron chi connectivity index (χ2n) is 9.95. The van der Waals surface area contributed by atoms with Gasteiger partial charge in [0.15, 0.2) is 0 Å². The molecular weight excluding hydrogens is 390 g/mol. The summed E-state index contributed by atoms with van der Waals surface area (Å²) in [6, 6.07) is 0. The maximum absolute atomic E-state index is 11.6. The summed E-state index contributed by atoms with van der Waals surface area (Å²) in [5, 5.41) is 11.9. The number of nitroso groups, excluding NO2 is 1. The summed E-state index contributed by atoms with van der Waals surface area (Å²) < 4.78 is 4.92. The van der Waals surface area contributed by atoms with Gasteiger partial charge in [0, 0.05) is 6.42 Å². The lowest BCUT2D eigenvalue weighted by Crippen LogP contribution is -2.21. The standard InChI is InChI=1S/C26H49NO4/c1-21(2)11-8-13-23(4)15-10-17-24(5)16-9-14-22(3)12-6-7-18-26(29)31-20-25(28)19-27-30/h12,21,23-25,28H,6-11,13-20H2,1-5H3/b22-12+. The molecule has 0 bridgehead atoms. The zero-order valence-corrected chi connectivity index (χ0v) is 20.9. The molecular formula is C26H49NO4. The highest BCUT2D eigenvalue weighted by Gasteiger charge is 2.09. The van der Waals surface area contributed by atoms with E-state index in [2.05, 4.69) is 45.9 Å². The Bertz CT molecular complexity index is 490. The van der Waals surface area contributed by atoms with Gasteiger partial charge in [0.1, 0.15) is 19.3 Å². The predicted octanol–water partition coefficient (Wildman–Crippen LogP) is 7.21. The Morgan fingerprint density at radius 2 is 1.48 bits per heavy atom. The minimum absolute atomic E-state index is 0.158. The second-order valence-corrected chi connectivity index (χ2v) is 9.95. The Morgan fingerprint density at radius 1 is 0.903 bits per heavy atom. The highest BCUT2D eigenvalue weighted by atomic mass is 16.5. The first-order chi connectivity index (χ1) is 14.7. The van der Waals surface area contributed by atoms with Crippen molar-refractivity contribution in [3.8, 4) is 0 Å². The number of hydrogen-bond acceptors (Lipinski definition) is 5. The topological polar surface area (TPSA) is 76.0 Å². The fourth-order valence-electron chi connectivity index (χ4n) is 3.80. The van der Waals surface area contributed by atoms with E-state index in [4.69, 9.17) is 4.74 Å². The number of nitrogens with zero attached hydrogens (tertiary/aromatic N) is 1. The lowest BCUT2D eigenvalue weighted by Gasteiger charge is -2.15. The van der Waals surface area contributed by atoms with E-state index in [1.165, 1.54) is 56.9 Å². The SMILES string of the molecule is C/C(=C\CCCC(=O)OCC(O)CN=O)CCCC(C)CCCC(C)CCCC(C)C. The van der Waals surface area contributed by atoms with Crippen molar-refractivity contribution in [1.82, 2.24) is 0 Å². The van der Waals surface area contributed by atoms with Gasteiger partial charge in [-0.2, -0.15) is 4.91 Å². The van der Waals surface area contributed by atoms with Crippen molar-refractivity contribution in [2.24, 2.45) is 22.9 Å². The van der Waals surface area contributed by atoms with Crippen LogP contribution in [-0.4, -0.2) is 30.3 Å². The average molecular weight is 440 g/mol. The lowest BCUT2D eigenvalue weighted by molar-refractivity contribution is -0.146. The number of ether oxygens (including phenoxy) is 1. The summed E-state index contributed by atoms with van der Waals surface area (Å²) in [5.74, 6) is 2.17. The van der Waals surface area contributed by atoms with Gasteiger partial charge in [0.2, 0.25) is 0 Å². The first kappa shape index (κ1) is 29.8. The number of carbonyl (C=O) groups is 1. The van der Waals surface area contributed by atoms with Crippen LogP contribution in [-0.2, 0) is 9.53 Å². The number of carbonyl (C=O) groups excluding carboxylic acids is 1. The molecule has 0 aromatic heterocycles. The molecule has 182 valence electrons. The molecule has 1 N–H and O–H groups in total. The largest absolute Gasteiger partial charge is 0.463 e. The number of unbranched alkanes of at least 4 members (excludes halogenated alkanes) is 1. The molecule has 0 spiro atoms. The van der Waals surface area contributed by atoms with Gasteiger partial charge < -0.3 is 9.84 Å². The molecule has 0 radical (unpaired) electrons. The molecule has 0 rings (SSSR count). The van der Waals surface area contributed by atoms with Crippen LogP contribution in [0.1, 0.15) is 112 Å². The Morgan fingerprint density at radius 3 is 2.06 bits per heavy atom. The zero-order valence-electron chi connectivity index (χ0n) is 20.9. The van der Waals surface area contributed by atoms with E-state index in [0.29, 0.717) is 6.42 Å². The van der Waals surface area contributed by atoms with Crippen molar-refractivity contribution < 1.29 is 14.6 Å². The average Bonchev–Trinajstić information content (AvgIpc) is 2.69. The summed E-state index contributed by atoms with van der Waals surface area (Å²) >= 11 is 0. The summed E-state index contributed by atoms with van der Waals surface area (Å²) in [7, 11) is 0. The molecule has 0 saturated carbocycles. The van der Waals surface area contributed by atoms with E-state index in [0.717, 1.165) is 37.0 Å². The molecule has 3 atom stereocenters. The molecule has 0 heterocycles. The Hall–Kier alpha value is -1.23.